The molecule has 13 heavy (non-hydrogen) atoms. The smallest absolute Gasteiger partial charge is 0.181 e. The zero-order valence-corrected chi connectivity index (χ0v) is 6.79. The number of nitrogens with zero attached hydrogens (tertiary/aromatic N) is 3. The number of nitrogens with one attached hydrogen (secondary N) is 1. The molecule has 5 nitrogen and oxygen atoms in total. The van der Waals surface area contributed by atoms with Crippen LogP contribution in [-0.4, -0.2) is 19.9 Å². The van der Waals surface area contributed by atoms with Gasteiger partial charge in [-0.05, 0) is 0 Å². The lowest BCUT2D eigenvalue weighted by atomic mass is 10.5. The molecule has 0 aliphatic rings. The fourth-order valence-corrected chi connectivity index (χ4v) is 0.577. The van der Waals surface area contributed by atoms with E-state index in [1.54, 1.807) is 12.4 Å². The Labute approximate surface area is 74.5 Å². The van der Waals surface area contributed by atoms with Crippen LogP contribution in [0.5, 0.6) is 0 Å². The third kappa shape index (κ3) is 4.41. The number of pyridine rings is 1. The van der Waals surface area contributed by atoms with Gasteiger partial charge in [-0.2, -0.15) is 0 Å². The molecule has 0 aromatic carbocycles. The highest BCUT2D eigenvalue weighted by Gasteiger charge is 1.70. The molecule has 0 spiro atoms. The second-order valence-corrected chi connectivity index (χ2v) is 2.03. The van der Waals surface area contributed by atoms with Crippen molar-refractivity contribution in [3.8, 4) is 0 Å². The summed E-state index contributed by atoms with van der Waals surface area (Å²) in [4.78, 5) is 23.7. The van der Waals surface area contributed by atoms with Gasteiger partial charge < -0.3 is 4.98 Å². The molecule has 0 saturated heterocycles. The zero-order chi connectivity index (χ0) is 9.36. The van der Waals surface area contributed by atoms with E-state index >= 15 is 0 Å². The molecule has 0 radical (unpaired) electrons. The van der Waals surface area contributed by atoms with Crippen molar-refractivity contribution in [2.24, 2.45) is 0 Å². The van der Waals surface area contributed by atoms with Gasteiger partial charge in [0.2, 0.25) is 0 Å². The Morgan fingerprint density at radius 1 is 0.923 bits per heavy atom. The maximum Gasteiger partial charge on any atom is 0.181 e. The van der Waals surface area contributed by atoms with Gasteiger partial charge in [-0.1, -0.05) is 0 Å². The van der Waals surface area contributed by atoms with Crippen LogP contribution in [0.25, 0.3) is 0 Å². The minimum absolute atomic E-state index is 0.0405. The van der Waals surface area contributed by atoms with Crippen LogP contribution in [0.1, 0.15) is 0 Å². The maximum absolute atomic E-state index is 10.2. The minimum Gasteiger partial charge on any atom is -0.367 e. The number of hydrogen-bond acceptors (Lipinski definition) is 4. The van der Waals surface area contributed by atoms with Crippen LogP contribution in [0, 0.1) is 0 Å². The van der Waals surface area contributed by atoms with Crippen LogP contribution in [0.3, 0.4) is 0 Å². The van der Waals surface area contributed by atoms with Gasteiger partial charge in [0.15, 0.2) is 5.43 Å². The molecule has 0 bridgehead atoms. The highest BCUT2D eigenvalue weighted by atomic mass is 16.1. The molecule has 2 heterocycles. The average Bonchev–Trinajstić information content (AvgIpc) is 2.22. The molecule has 0 aliphatic heterocycles. The number of hydrogen-bond donors (Lipinski definition) is 1. The normalized spacial score (nSPS) is 8.31. The molecule has 0 saturated carbocycles. The van der Waals surface area contributed by atoms with Gasteiger partial charge in [-0.15, -0.1) is 0 Å². The van der Waals surface area contributed by atoms with E-state index in [0.717, 1.165) is 0 Å². The third-order valence-electron chi connectivity index (χ3n) is 1.09. The zero-order valence-electron chi connectivity index (χ0n) is 6.79. The molecular weight excluding hydrogens is 168 g/mol. The standard InChI is InChI=1S/C5H5NO.C3H3N3/c7-5-1-3-6-4-2-5;1-4-2-6-3-5-1/h1-4H,(H,6,7);1-3H. The summed E-state index contributed by atoms with van der Waals surface area (Å²) in [7, 11) is 0. The minimum atomic E-state index is 0.0405. The van der Waals surface area contributed by atoms with Crippen LogP contribution in [0.15, 0.2) is 48.3 Å². The van der Waals surface area contributed by atoms with Gasteiger partial charge in [-0.25, -0.2) is 15.0 Å². The molecule has 2 aromatic rings. The lowest BCUT2D eigenvalue weighted by Crippen LogP contribution is -1.92. The summed E-state index contributed by atoms with van der Waals surface area (Å²) in [6.45, 7) is 0. The molecule has 0 fully saturated rings. The molecular formula is C8H8N4O. The number of rotatable bonds is 0. The van der Waals surface area contributed by atoms with Crippen LogP contribution >= 0.6 is 0 Å². The van der Waals surface area contributed by atoms with E-state index in [1.165, 1.54) is 31.1 Å². The quantitative estimate of drug-likeness (QED) is 0.624. The van der Waals surface area contributed by atoms with Gasteiger partial charge in [0.05, 0.1) is 0 Å². The SMILES string of the molecule is O=c1cc[nH]cc1.c1ncncn1. The fourth-order valence-electron chi connectivity index (χ4n) is 0.577. The number of H-pyrrole nitrogens is 1. The molecule has 0 unspecified atom stereocenters. The first-order valence-electron chi connectivity index (χ1n) is 3.57. The lowest BCUT2D eigenvalue weighted by Gasteiger charge is -1.73. The summed E-state index contributed by atoms with van der Waals surface area (Å²) >= 11 is 0. The Balaban J connectivity index is 0.000000132. The van der Waals surface area contributed by atoms with Crippen molar-refractivity contribution in [2.75, 3.05) is 0 Å². The van der Waals surface area contributed by atoms with Crippen molar-refractivity contribution in [1.82, 2.24) is 19.9 Å². The maximum atomic E-state index is 10.2. The van der Waals surface area contributed by atoms with E-state index in [9.17, 15) is 4.79 Å². The van der Waals surface area contributed by atoms with E-state index in [0.29, 0.717) is 0 Å². The van der Waals surface area contributed by atoms with E-state index < -0.39 is 0 Å². The molecule has 0 amide bonds. The summed E-state index contributed by atoms with van der Waals surface area (Å²) in [5.41, 5.74) is 0.0405. The van der Waals surface area contributed by atoms with E-state index in [-0.39, 0.29) is 5.43 Å². The monoisotopic (exact) mass is 176 g/mol. The molecule has 0 atom stereocenters. The van der Waals surface area contributed by atoms with Crippen LogP contribution < -0.4 is 5.43 Å². The lowest BCUT2D eigenvalue weighted by molar-refractivity contribution is 1.05. The molecule has 1 N–H and O–H groups in total. The second kappa shape index (κ2) is 5.59. The van der Waals surface area contributed by atoms with E-state index in [4.69, 9.17) is 0 Å². The summed E-state index contributed by atoms with van der Waals surface area (Å²) in [5.74, 6) is 0. The highest BCUT2D eigenvalue weighted by molar-refractivity contribution is 4.90. The molecule has 0 aliphatic carbocycles. The Morgan fingerprint density at radius 2 is 1.38 bits per heavy atom. The van der Waals surface area contributed by atoms with Crippen LogP contribution in [0.4, 0.5) is 0 Å². The van der Waals surface area contributed by atoms with Gasteiger partial charge in [0, 0.05) is 24.5 Å². The average molecular weight is 176 g/mol. The summed E-state index contributed by atoms with van der Waals surface area (Å²) in [6.07, 6.45) is 7.51. The first kappa shape index (κ1) is 9.05. The van der Waals surface area contributed by atoms with E-state index in [2.05, 4.69) is 19.9 Å². The van der Waals surface area contributed by atoms with Gasteiger partial charge in [0.1, 0.15) is 19.0 Å². The van der Waals surface area contributed by atoms with Gasteiger partial charge in [0.25, 0.3) is 0 Å². The fraction of sp³-hybridized carbons (Fsp3) is 0. The van der Waals surface area contributed by atoms with Crippen molar-refractivity contribution in [3.05, 3.63) is 53.7 Å². The second-order valence-electron chi connectivity index (χ2n) is 2.03. The molecule has 2 aromatic heterocycles. The topological polar surface area (TPSA) is 71.5 Å². The first-order valence-corrected chi connectivity index (χ1v) is 3.57. The Bertz CT molecular complexity index is 329. The first-order chi connectivity index (χ1) is 6.39. The molecule has 2 rings (SSSR count). The summed E-state index contributed by atoms with van der Waals surface area (Å²) in [5, 5.41) is 0. The molecule has 5 heteroatoms. The van der Waals surface area contributed by atoms with E-state index in [1.807, 2.05) is 0 Å². The van der Waals surface area contributed by atoms with Crippen LogP contribution in [0.2, 0.25) is 0 Å². The Hall–Kier alpha value is -2.04. The molecule has 66 valence electrons. The van der Waals surface area contributed by atoms with Crippen LogP contribution in [-0.2, 0) is 0 Å². The Kier molecular flexibility index (Phi) is 3.89. The predicted octanol–water partition coefficient (Wildman–Crippen LogP) is 0.246. The largest absolute Gasteiger partial charge is 0.367 e. The van der Waals surface area contributed by atoms with Crippen molar-refractivity contribution in [3.63, 3.8) is 0 Å². The number of aromatic amines is 1. The van der Waals surface area contributed by atoms with Crippen molar-refractivity contribution >= 4 is 0 Å². The van der Waals surface area contributed by atoms with Gasteiger partial charge >= 0.3 is 0 Å². The third-order valence-corrected chi connectivity index (χ3v) is 1.09. The predicted molar refractivity (Wildman–Crippen MR) is 46.9 cm³/mol. The number of aromatic nitrogens is 4. The summed E-state index contributed by atoms with van der Waals surface area (Å²) in [6, 6.07) is 2.94. The Morgan fingerprint density at radius 3 is 1.62 bits per heavy atom. The van der Waals surface area contributed by atoms with Crippen molar-refractivity contribution in [2.45, 2.75) is 0 Å². The van der Waals surface area contributed by atoms with Crippen molar-refractivity contribution < 1.29 is 0 Å². The van der Waals surface area contributed by atoms with Gasteiger partial charge in [-0.3, -0.25) is 4.79 Å². The highest BCUT2D eigenvalue weighted by Crippen LogP contribution is 1.64. The van der Waals surface area contributed by atoms with Crippen molar-refractivity contribution in [1.29, 1.82) is 0 Å². The summed E-state index contributed by atoms with van der Waals surface area (Å²) < 4.78 is 0.